The fourth-order valence-corrected chi connectivity index (χ4v) is 3.06. The average Bonchev–Trinajstić information content (AvgIpc) is 2.91. The Morgan fingerprint density at radius 1 is 1.15 bits per heavy atom. The molecule has 3 aromatic rings. The number of hydrogen-bond acceptors (Lipinski definition) is 4. The van der Waals surface area contributed by atoms with Crippen LogP contribution >= 0.6 is 11.5 Å². The van der Waals surface area contributed by atoms with E-state index in [1.54, 1.807) is 0 Å². The average molecular weight is 283 g/mol. The van der Waals surface area contributed by atoms with Crippen LogP contribution in [0, 0.1) is 0 Å². The van der Waals surface area contributed by atoms with Crippen LogP contribution in [0.1, 0.15) is 24.1 Å². The normalized spacial score (nSPS) is 12.5. The molecule has 3 rings (SSSR count). The Labute approximate surface area is 122 Å². The van der Waals surface area contributed by atoms with E-state index in [1.807, 2.05) is 18.2 Å². The van der Waals surface area contributed by atoms with E-state index in [0.29, 0.717) is 6.54 Å². The molecule has 0 bridgehead atoms. The summed E-state index contributed by atoms with van der Waals surface area (Å²) < 4.78 is 4.46. The lowest BCUT2D eigenvalue weighted by Gasteiger charge is -2.14. The highest BCUT2D eigenvalue weighted by molar-refractivity contribution is 7.11. The van der Waals surface area contributed by atoms with E-state index in [0.717, 1.165) is 16.1 Å². The first-order chi connectivity index (χ1) is 9.78. The molecule has 3 nitrogen and oxygen atoms in total. The van der Waals surface area contributed by atoms with E-state index in [1.165, 1.54) is 22.5 Å². The highest BCUT2D eigenvalue weighted by Crippen LogP contribution is 2.30. The molecule has 0 saturated carbocycles. The Balaban J connectivity index is 1.82. The lowest BCUT2D eigenvalue weighted by molar-refractivity contribution is 0.888. The second-order valence-corrected chi connectivity index (χ2v) is 5.61. The van der Waals surface area contributed by atoms with Gasteiger partial charge in [0.05, 0.1) is 5.52 Å². The standard InChI is InChI=1S/C16H17N3S/c1-11(13-8-6-12(10-17)7-9-13)18-16-14-4-2-3-5-15(14)19-20-16/h2-9,11,18H,10,17H2,1H3. The van der Waals surface area contributed by atoms with Crippen molar-refractivity contribution in [3.63, 3.8) is 0 Å². The predicted molar refractivity (Wildman–Crippen MR) is 86.0 cm³/mol. The maximum absolute atomic E-state index is 5.63. The van der Waals surface area contributed by atoms with Gasteiger partial charge >= 0.3 is 0 Å². The van der Waals surface area contributed by atoms with Gasteiger partial charge < -0.3 is 11.1 Å². The molecular weight excluding hydrogens is 266 g/mol. The van der Waals surface area contributed by atoms with Gasteiger partial charge in [-0.05, 0) is 41.7 Å². The lowest BCUT2D eigenvalue weighted by atomic mass is 10.1. The zero-order valence-electron chi connectivity index (χ0n) is 11.3. The number of rotatable bonds is 4. The molecule has 1 aromatic heterocycles. The summed E-state index contributed by atoms with van der Waals surface area (Å²) in [6.07, 6.45) is 0. The van der Waals surface area contributed by atoms with Crippen molar-refractivity contribution in [3.8, 4) is 0 Å². The van der Waals surface area contributed by atoms with Crippen molar-refractivity contribution in [2.24, 2.45) is 5.73 Å². The van der Waals surface area contributed by atoms with Crippen molar-refractivity contribution >= 4 is 27.4 Å². The Morgan fingerprint density at radius 3 is 2.65 bits per heavy atom. The molecule has 1 unspecified atom stereocenters. The van der Waals surface area contributed by atoms with Crippen molar-refractivity contribution < 1.29 is 0 Å². The molecule has 0 radical (unpaired) electrons. The number of hydrogen-bond donors (Lipinski definition) is 2. The minimum Gasteiger partial charge on any atom is -0.369 e. The number of fused-ring (bicyclic) bond motifs is 1. The van der Waals surface area contributed by atoms with Gasteiger partial charge in [-0.2, -0.15) is 4.37 Å². The molecule has 2 aromatic carbocycles. The summed E-state index contributed by atoms with van der Waals surface area (Å²) in [7, 11) is 0. The number of anilines is 1. The van der Waals surface area contributed by atoms with Gasteiger partial charge in [-0.15, -0.1) is 0 Å². The summed E-state index contributed by atoms with van der Waals surface area (Å²) >= 11 is 1.51. The molecule has 0 aliphatic carbocycles. The van der Waals surface area contributed by atoms with E-state index >= 15 is 0 Å². The van der Waals surface area contributed by atoms with Crippen LogP contribution in [0.15, 0.2) is 48.5 Å². The maximum Gasteiger partial charge on any atom is 0.117 e. The molecule has 0 spiro atoms. The van der Waals surface area contributed by atoms with Crippen LogP contribution in [0.25, 0.3) is 10.9 Å². The molecule has 0 aliphatic rings. The van der Waals surface area contributed by atoms with E-state index in [9.17, 15) is 0 Å². The van der Waals surface area contributed by atoms with E-state index in [2.05, 4.69) is 46.9 Å². The molecule has 102 valence electrons. The predicted octanol–water partition coefficient (Wildman–Crippen LogP) is 3.93. The number of nitrogens with zero attached hydrogens (tertiary/aromatic N) is 1. The van der Waals surface area contributed by atoms with Crippen LogP contribution < -0.4 is 11.1 Å². The van der Waals surface area contributed by atoms with Gasteiger partial charge in [-0.25, -0.2) is 0 Å². The van der Waals surface area contributed by atoms with Crippen molar-refractivity contribution in [2.45, 2.75) is 19.5 Å². The first-order valence-corrected chi connectivity index (χ1v) is 7.45. The molecule has 20 heavy (non-hydrogen) atoms. The molecule has 0 amide bonds. The molecule has 0 fully saturated rings. The fraction of sp³-hybridized carbons (Fsp3) is 0.188. The molecule has 0 saturated heterocycles. The Kier molecular flexibility index (Phi) is 3.67. The van der Waals surface area contributed by atoms with Crippen LogP contribution in [0.2, 0.25) is 0 Å². The molecular formula is C16H17N3S. The van der Waals surface area contributed by atoms with Gasteiger partial charge in [0.2, 0.25) is 0 Å². The Morgan fingerprint density at radius 2 is 1.90 bits per heavy atom. The second kappa shape index (κ2) is 5.61. The Hall–Kier alpha value is -1.91. The first-order valence-electron chi connectivity index (χ1n) is 6.68. The lowest BCUT2D eigenvalue weighted by Crippen LogP contribution is -2.06. The summed E-state index contributed by atoms with van der Waals surface area (Å²) in [4.78, 5) is 0. The summed E-state index contributed by atoms with van der Waals surface area (Å²) in [5, 5.41) is 5.85. The van der Waals surface area contributed by atoms with Crippen LogP contribution in [-0.2, 0) is 6.54 Å². The van der Waals surface area contributed by atoms with Gasteiger partial charge in [0.15, 0.2) is 0 Å². The summed E-state index contributed by atoms with van der Waals surface area (Å²) in [5.41, 5.74) is 9.08. The van der Waals surface area contributed by atoms with Crippen LogP contribution in [0.5, 0.6) is 0 Å². The summed E-state index contributed by atoms with van der Waals surface area (Å²) in [5.74, 6) is 0. The largest absolute Gasteiger partial charge is 0.369 e. The number of nitrogens with two attached hydrogens (primary N) is 1. The van der Waals surface area contributed by atoms with E-state index in [4.69, 9.17) is 5.73 Å². The number of benzene rings is 2. The second-order valence-electron chi connectivity index (χ2n) is 4.84. The van der Waals surface area contributed by atoms with E-state index < -0.39 is 0 Å². The fourth-order valence-electron chi connectivity index (χ4n) is 2.22. The van der Waals surface area contributed by atoms with Crippen molar-refractivity contribution in [1.29, 1.82) is 0 Å². The molecule has 3 N–H and O–H groups in total. The Bertz CT molecular complexity index is 703. The number of aromatic nitrogens is 1. The monoisotopic (exact) mass is 283 g/mol. The summed E-state index contributed by atoms with van der Waals surface area (Å²) in [6, 6.07) is 16.9. The highest BCUT2D eigenvalue weighted by Gasteiger charge is 2.10. The molecule has 4 heteroatoms. The van der Waals surface area contributed by atoms with Crippen molar-refractivity contribution in [1.82, 2.24) is 4.37 Å². The van der Waals surface area contributed by atoms with Crippen LogP contribution in [0.4, 0.5) is 5.00 Å². The SMILES string of the molecule is CC(Nc1snc2ccccc12)c1ccc(CN)cc1. The zero-order valence-corrected chi connectivity index (χ0v) is 12.2. The third-order valence-corrected chi connectivity index (χ3v) is 4.26. The van der Waals surface area contributed by atoms with Gasteiger partial charge in [-0.1, -0.05) is 36.4 Å². The molecule has 0 aliphatic heterocycles. The van der Waals surface area contributed by atoms with Gasteiger partial charge in [0.1, 0.15) is 5.00 Å². The van der Waals surface area contributed by atoms with Crippen LogP contribution in [0.3, 0.4) is 0 Å². The van der Waals surface area contributed by atoms with Crippen molar-refractivity contribution in [3.05, 3.63) is 59.7 Å². The smallest absolute Gasteiger partial charge is 0.117 e. The third kappa shape index (κ3) is 2.53. The maximum atomic E-state index is 5.63. The first kappa shape index (κ1) is 13.1. The number of nitrogens with one attached hydrogen (secondary N) is 1. The third-order valence-electron chi connectivity index (χ3n) is 3.45. The van der Waals surface area contributed by atoms with Gasteiger partial charge in [0.25, 0.3) is 0 Å². The van der Waals surface area contributed by atoms with Crippen molar-refractivity contribution in [2.75, 3.05) is 5.32 Å². The zero-order chi connectivity index (χ0) is 13.9. The van der Waals surface area contributed by atoms with Gasteiger partial charge in [-0.3, -0.25) is 0 Å². The minimum atomic E-state index is 0.241. The summed E-state index contributed by atoms with van der Waals surface area (Å²) in [6.45, 7) is 2.74. The highest BCUT2D eigenvalue weighted by atomic mass is 32.1. The quantitative estimate of drug-likeness (QED) is 0.763. The minimum absolute atomic E-state index is 0.241. The molecule has 1 heterocycles. The van der Waals surface area contributed by atoms with Gasteiger partial charge in [0, 0.05) is 18.0 Å². The topological polar surface area (TPSA) is 50.9 Å². The van der Waals surface area contributed by atoms with E-state index in [-0.39, 0.29) is 6.04 Å². The molecule has 1 atom stereocenters. The van der Waals surface area contributed by atoms with Crippen LogP contribution in [-0.4, -0.2) is 4.37 Å².